The summed E-state index contributed by atoms with van der Waals surface area (Å²) in [5.41, 5.74) is 3.86. The van der Waals surface area contributed by atoms with Gasteiger partial charge >= 0.3 is 5.69 Å². The van der Waals surface area contributed by atoms with E-state index in [0.29, 0.717) is 17.5 Å². The number of imidazole rings is 1. The summed E-state index contributed by atoms with van der Waals surface area (Å²) in [7, 11) is 1.72. The lowest BCUT2D eigenvalue weighted by Crippen LogP contribution is -2.53. The highest BCUT2D eigenvalue weighted by Gasteiger charge is 2.36. The van der Waals surface area contributed by atoms with Gasteiger partial charge in [0.1, 0.15) is 11.6 Å². The van der Waals surface area contributed by atoms with Gasteiger partial charge in [0.25, 0.3) is 0 Å². The van der Waals surface area contributed by atoms with Gasteiger partial charge in [-0.1, -0.05) is 32.1 Å². The maximum Gasteiger partial charge on any atom is 0.328 e. The number of aromatic nitrogens is 2. The fourth-order valence-electron chi connectivity index (χ4n) is 6.39. The summed E-state index contributed by atoms with van der Waals surface area (Å²) in [6.07, 6.45) is 6.06. The summed E-state index contributed by atoms with van der Waals surface area (Å²) in [6, 6.07) is 10.6. The molecular weight excluding hydrogens is 539 g/mol. The van der Waals surface area contributed by atoms with E-state index >= 15 is 4.39 Å². The van der Waals surface area contributed by atoms with Crippen molar-refractivity contribution in [2.24, 2.45) is 13.0 Å². The minimum absolute atomic E-state index is 0.0738. The standard InChI is InChI=1S/C33H42ClFN4O2/c1-21(2)26-17-23(18-29(34)30(26)39-15-10-36(6)32(39)41)28-20-24(35)19-27(31(28)40)22-8-7-9-25(16-22)37-11-13-38(14-12-37)33(3,4)5/h7-10,15-17,19-21,23,29-30,40H,11-14,18H2,1-6H3/t23?,29-,30?/m0/s1. The van der Waals surface area contributed by atoms with E-state index in [1.807, 2.05) is 18.2 Å². The monoisotopic (exact) mass is 580 g/mol. The van der Waals surface area contributed by atoms with Gasteiger partial charge in [-0.25, -0.2) is 9.18 Å². The molecule has 0 spiro atoms. The first-order chi connectivity index (χ1) is 19.3. The van der Waals surface area contributed by atoms with Crippen LogP contribution in [0.25, 0.3) is 11.1 Å². The number of halogens is 2. The number of aromatic hydroxyl groups is 1. The highest BCUT2D eigenvalue weighted by atomic mass is 35.5. The second-order valence-electron chi connectivity index (χ2n) is 12.8. The molecule has 2 heterocycles. The van der Waals surface area contributed by atoms with Crippen LogP contribution in [-0.2, 0) is 7.05 Å². The summed E-state index contributed by atoms with van der Waals surface area (Å²) >= 11 is 6.98. The predicted octanol–water partition coefficient (Wildman–Crippen LogP) is 6.54. The van der Waals surface area contributed by atoms with Crippen LogP contribution in [0, 0.1) is 11.7 Å². The quantitative estimate of drug-likeness (QED) is 0.275. The number of phenolic OH excluding ortho intramolecular Hbond substituents is 1. The van der Waals surface area contributed by atoms with Crippen molar-refractivity contribution in [1.82, 2.24) is 14.0 Å². The van der Waals surface area contributed by atoms with Crippen LogP contribution in [-0.4, -0.2) is 56.2 Å². The number of aryl methyl sites for hydroxylation is 1. The average Bonchev–Trinajstić information content (AvgIpc) is 3.26. The Kier molecular flexibility index (Phi) is 8.14. The third-order valence-corrected chi connectivity index (χ3v) is 9.17. The van der Waals surface area contributed by atoms with Crippen LogP contribution in [0.3, 0.4) is 0 Å². The Morgan fingerprint density at radius 1 is 1.05 bits per heavy atom. The fourth-order valence-corrected chi connectivity index (χ4v) is 6.85. The fraction of sp³-hybridized carbons (Fsp3) is 0.485. The van der Waals surface area contributed by atoms with Gasteiger partial charge < -0.3 is 14.6 Å². The minimum Gasteiger partial charge on any atom is -0.507 e. The maximum absolute atomic E-state index is 15.2. The second kappa shape index (κ2) is 11.3. The molecule has 6 nitrogen and oxygen atoms in total. The zero-order chi connectivity index (χ0) is 29.6. The molecule has 0 amide bonds. The van der Waals surface area contributed by atoms with Gasteiger partial charge in [0.15, 0.2) is 0 Å². The summed E-state index contributed by atoms with van der Waals surface area (Å²) in [5, 5.41) is 11.2. The molecule has 1 aromatic heterocycles. The SMILES string of the molecule is CC(C)C1=CC(c2cc(F)cc(-c3cccc(N4CCN(C(C)(C)C)CC4)c3)c2O)C[C@H](Cl)C1n1ccn(C)c1=O. The number of alkyl halides is 1. The molecule has 2 aliphatic rings. The molecule has 0 bridgehead atoms. The minimum atomic E-state index is -0.399. The number of allylic oxidation sites excluding steroid dienone is 2. The van der Waals surface area contributed by atoms with E-state index in [0.717, 1.165) is 43.0 Å². The highest BCUT2D eigenvalue weighted by molar-refractivity contribution is 6.21. The normalized spacial score (nSPS) is 22.3. The van der Waals surface area contributed by atoms with Crippen molar-refractivity contribution in [1.29, 1.82) is 0 Å². The van der Waals surface area contributed by atoms with Gasteiger partial charge in [-0.3, -0.25) is 9.47 Å². The third-order valence-electron chi connectivity index (χ3n) is 8.75. The van der Waals surface area contributed by atoms with E-state index in [4.69, 9.17) is 11.6 Å². The molecular formula is C33H42ClFN4O2. The Balaban J connectivity index is 1.48. The molecule has 3 aromatic rings. The number of phenols is 1. The van der Waals surface area contributed by atoms with Gasteiger partial charge in [-0.2, -0.15) is 0 Å². The number of piperazine rings is 1. The van der Waals surface area contributed by atoms with Crippen LogP contribution in [0.1, 0.15) is 58.6 Å². The molecule has 1 aliphatic heterocycles. The molecule has 2 unspecified atom stereocenters. The van der Waals surface area contributed by atoms with Crippen molar-refractivity contribution in [2.45, 2.75) is 63.9 Å². The van der Waals surface area contributed by atoms with E-state index in [9.17, 15) is 9.90 Å². The summed E-state index contributed by atoms with van der Waals surface area (Å²) in [6.45, 7) is 14.7. The Bertz CT molecular complexity index is 1490. The average molecular weight is 581 g/mol. The molecule has 2 aromatic carbocycles. The first-order valence-electron chi connectivity index (χ1n) is 14.6. The van der Waals surface area contributed by atoms with Gasteiger partial charge in [-0.05, 0) is 68.5 Å². The Morgan fingerprint density at radius 2 is 1.76 bits per heavy atom. The zero-order valence-electron chi connectivity index (χ0n) is 24.9. The predicted molar refractivity (Wildman–Crippen MR) is 166 cm³/mol. The molecule has 1 fully saturated rings. The number of anilines is 1. The van der Waals surface area contributed by atoms with Crippen LogP contribution in [0.4, 0.5) is 10.1 Å². The molecule has 0 radical (unpaired) electrons. The van der Waals surface area contributed by atoms with Crippen molar-refractivity contribution in [3.05, 3.63) is 82.3 Å². The number of rotatable bonds is 5. The van der Waals surface area contributed by atoms with E-state index in [1.165, 1.54) is 16.7 Å². The lowest BCUT2D eigenvalue weighted by atomic mass is 9.78. The molecule has 5 rings (SSSR count). The Labute approximate surface area is 247 Å². The van der Waals surface area contributed by atoms with Gasteiger partial charge in [0, 0.05) is 73.9 Å². The first kappa shape index (κ1) is 29.5. The first-order valence-corrected chi connectivity index (χ1v) is 15.0. The van der Waals surface area contributed by atoms with Crippen molar-refractivity contribution in [2.75, 3.05) is 31.1 Å². The van der Waals surface area contributed by atoms with Crippen LogP contribution in [0.5, 0.6) is 5.75 Å². The van der Waals surface area contributed by atoms with Crippen molar-refractivity contribution in [3.63, 3.8) is 0 Å². The van der Waals surface area contributed by atoms with Gasteiger partial charge in [0.05, 0.1) is 11.4 Å². The van der Waals surface area contributed by atoms with Gasteiger partial charge in [0.2, 0.25) is 0 Å². The molecule has 1 saturated heterocycles. The lowest BCUT2D eigenvalue weighted by Gasteiger charge is -2.43. The van der Waals surface area contributed by atoms with E-state index in [1.54, 1.807) is 24.0 Å². The maximum atomic E-state index is 15.2. The molecule has 3 atom stereocenters. The van der Waals surface area contributed by atoms with Crippen molar-refractivity contribution < 1.29 is 9.50 Å². The molecule has 41 heavy (non-hydrogen) atoms. The number of hydrogen-bond acceptors (Lipinski definition) is 4. The zero-order valence-corrected chi connectivity index (χ0v) is 25.7. The number of benzene rings is 2. The molecule has 220 valence electrons. The molecule has 1 N–H and O–H groups in total. The van der Waals surface area contributed by atoms with Crippen LogP contribution < -0.4 is 10.6 Å². The van der Waals surface area contributed by atoms with Crippen LogP contribution in [0.2, 0.25) is 0 Å². The molecule has 8 heteroatoms. The summed E-state index contributed by atoms with van der Waals surface area (Å²) in [4.78, 5) is 17.6. The second-order valence-corrected chi connectivity index (χ2v) is 13.4. The van der Waals surface area contributed by atoms with E-state index in [-0.39, 0.29) is 34.9 Å². The van der Waals surface area contributed by atoms with Crippen LogP contribution >= 0.6 is 11.6 Å². The summed E-state index contributed by atoms with van der Waals surface area (Å²) < 4.78 is 18.4. The number of hydrogen-bond donors (Lipinski definition) is 1. The largest absolute Gasteiger partial charge is 0.507 e. The third kappa shape index (κ3) is 5.84. The number of nitrogens with zero attached hydrogens (tertiary/aromatic N) is 4. The molecule has 0 saturated carbocycles. The molecule has 1 aliphatic carbocycles. The van der Waals surface area contributed by atoms with E-state index in [2.05, 4.69) is 56.6 Å². The smallest absolute Gasteiger partial charge is 0.328 e. The lowest BCUT2D eigenvalue weighted by molar-refractivity contribution is 0.128. The Hall–Kier alpha value is -3.03. The van der Waals surface area contributed by atoms with E-state index < -0.39 is 11.2 Å². The van der Waals surface area contributed by atoms with Gasteiger partial charge in [-0.15, -0.1) is 11.6 Å². The summed E-state index contributed by atoms with van der Waals surface area (Å²) in [5.74, 6) is -0.496. The van der Waals surface area contributed by atoms with Crippen LogP contribution in [0.15, 0.2) is 65.2 Å². The van der Waals surface area contributed by atoms with Crippen molar-refractivity contribution in [3.8, 4) is 16.9 Å². The Morgan fingerprint density at radius 3 is 2.37 bits per heavy atom. The van der Waals surface area contributed by atoms with Crippen molar-refractivity contribution >= 4 is 17.3 Å². The topological polar surface area (TPSA) is 53.6 Å². The highest BCUT2D eigenvalue weighted by Crippen LogP contribution is 2.46.